The second-order valence-corrected chi connectivity index (χ2v) is 4.61. The fourth-order valence-electron chi connectivity index (χ4n) is 2.02. The van der Waals surface area contributed by atoms with E-state index in [1.165, 1.54) is 0 Å². The van der Waals surface area contributed by atoms with Crippen molar-refractivity contribution in [2.24, 2.45) is 0 Å². The molecule has 2 heterocycles. The van der Waals surface area contributed by atoms with E-state index in [9.17, 15) is 4.79 Å². The van der Waals surface area contributed by atoms with Gasteiger partial charge in [-0.15, -0.1) is 0 Å². The summed E-state index contributed by atoms with van der Waals surface area (Å²) in [5.74, 6) is 0. The lowest BCUT2D eigenvalue weighted by Gasteiger charge is -2.14. The molecule has 0 spiro atoms. The molecule has 0 saturated heterocycles. The first-order chi connectivity index (χ1) is 7.69. The van der Waals surface area contributed by atoms with Crippen molar-refractivity contribution in [2.45, 2.75) is 32.7 Å². The van der Waals surface area contributed by atoms with Crippen LogP contribution in [0.3, 0.4) is 0 Å². The summed E-state index contributed by atoms with van der Waals surface area (Å²) >= 11 is 3.47. The summed E-state index contributed by atoms with van der Waals surface area (Å²) in [7, 11) is 0. The van der Waals surface area contributed by atoms with Crippen LogP contribution >= 0.6 is 15.9 Å². The average Bonchev–Trinajstić information content (AvgIpc) is 2.59. The van der Waals surface area contributed by atoms with E-state index in [2.05, 4.69) is 39.7 Å². The Balaban J connectivity index is 2.77. The van der Waals surface area contributed by atoms with Crippen molar-refractivity contribution >= 4 is 27.1 Å². The molecule has 0 aromatic carbocycles. The Morgan fingerprint density at radius 3 is 2.81 bits per heavy atom. The zero-order valence-corrected chi connectivity index (χ0v) is 10.9. The van der Waals surface area contributed by atoms with Gasteiger partial charge < -0.3 is 0 Å². The van der Waals surface area contributed by atoms with Crippen LogP contribution in [-0.2, 0) is 0 Å². The molecular formula is C11H14BrN3O. The van der Waals surface area contributed by atoms with Gasteiger partial charge in [-0.2, -0.15) is 0 Å². The van der Waals surface area contributed by atoms with Gasteiger partial charge >= 0.3 is 5.69 Å². The van der Waals surface area contributed by atoms with Crippen molar-refractivity contribution in [3.05, 3.63) is 27.2 Å². The minimum atomic E-state index is -0.0805. The molecule has 1 N–H and O–H groups in total. The van der Waals surface area contributed by atoms with E-state index >= 15 is 0 Å². The van der Waals surface area contributed by atoms with E-state index in [1.54, 1.807) is 10.8 Å². The van der Waals surface area contributed by atoms with Gasteiger partial charge in [0.2, 0.25) is 0 Å². The Bertz CT molecular complexity index is 554. The van der Waals surface area contributed by atoms with Crippen LogP contribution in [0.15, 0.2) is 21.5 Å². The zero-order valence-electron chi connectivity index (χ0n) is 9.33. The largest absolute Gasteiger partial charge is 0.327 e. The first-order valence-electron chi connectivity index (χ1n) is 5.43. The van der Waals surface area contributed by atoms with E-state index in [4.69, 9.17) is 0 Å². The van der Waals surface area contributed by atoms with Crippen LogP contribution in [0.1, 0.15) is 32.7 Å². The van der Waals surface area contributed by atoms with Gasteiger partial charge in [0.05, 0.1) is 0 Å². The van der Waals surface area contributed by atoms with Crippen molar-refractivity contribution in [1.29, 1.82) is 0 Å². The average molecular weight is 284 g/mol. The summed E-state index contributed by atoms with van der Waals surface area (Å²) in [6, 6.07) is 2.08. The summed E-state index contributed by atoms with van der Waals surface area (Å²) in [5.41, 5.74) is 1.43. The Labute approximate surface area is 102 Å². The second kappa shape index (κ2) is 4.41. The van der Waals surface area contributed by atoms with Gasteiger partial charge in [0.15, 0.2) is 5.65 Å². The maximum atomic E-state index is 11.9. The summed E-state index contributed by atoms with van der Waals surface area (Å²) in [6.45, 7) is 4.17. The predicted molar refractivity (Wildman–Crippen MR) is 67.7 cm³/mol. The van der Waals surface area contributed by atoms with Crippen LogP contribution in [0.2, 0.25) is 0 Å². The highest BCUT2D eigenvalue weighted by atomic mass is 79.9. The maximum absolute atomic E-state index is 11.9. The molecule has 0 aliphatic carbocycles. The minimum Gasteiger partial charge on any atom is -0.290 e. The number of imidazole rings is 1. The van der Waals surface area contributed by atoms with Gasteiger partial charge in [-0.05, 0) is 34.8 Å². The molecular weight excluding hydrogens is 270 g/mol. The number of hydrogen-bond donors (Lipinski definition) is 1. The number of fused-ring (bicyclic) bond motifs is 1. The SMILES string of the molecule is CCC(CC)n1c(=O)[nH]c2nccc(Br)c21. The van der Waals surface area contributed by atoms with Gasteiger partial charge in [-0.3, -0.25) is 9.55 Å². The number of hydrogen-bond acceptors (Lipinski definition) is 2. The van der Waals surface area contributed by atoms with Gasteiger partial charge in [0, 0.05) is 16.7 Å². The van der Waals surface area contributed by atoms with Crippen molar-refractivity contribution < 1.29 is 0 Å². The summed E-state index contributed by atoms with van der Waals surface area (Å²) in [4.78, 5) is 18.8. The molecule has 0 saturated carbocycles. The highest BCUT2D eigenvalue weighted by molar-refractivity contribution is 9.10. The molecule has 16 heavy (non-hydrogen) atoms. The van der Waals surface area contributed by atoms with Crippen LogP contribution in [0.5, 0.6) is 0 Å². The second-order valence-electron chi connectivity index (χ2n) is 3.76. The van der Waals surface area contributed by atoms with Crippen LogP contribution in [0.4, 0.5) is 0 Å². The fourth-order valence-corrected chi connectivity index (χ4v) is 2.51. The Hall–Kier alpha value is -1.10. The van der Waals surface area contributed by atoms with E-state index in [0.717, 1.165) is 22.8 Å². The lowest BCUT2D eigenvalue weighted by molar-refractivity contribution is 0.471. The number of halogens is 1. The van der Waals surface area contributed by atoms with Crippen LogP contribution in [0.25, 0.3) is 11.2 Å². The molecule has 5 heteroatoms. The van der Waals surface area contributed by atoms with E-state index in [1.807, 2.05) is 6.07 Å². The van der Waals surface area contributed by atoms with Crippen molar-refractivity contribution in [1.82, 2.24) is 14.5 Å². The molecule has 4 nitrogen and oxygen atoms in total. The van der Waals surface area contributed by atoms with Crippen LogP contribution in [0, 0.1) is 0 Å². The van der Waals surface area contributed by atoms with E-state index in [0.29, 0.717) is 5.65 Å². The van der Waals surface area contributed by atoms with Gasteiger partial charge in [0.1, 0.15) is 5.52 Å². The Morgan fingerprint density at radius 1 is 1.50 bits per heavy atom. The molecule has 0 aliphatic heterocycles. The third kappa shape index (κ3) is 1.69. The molecule has 0 unspecified atom stereocenters. The molecule has 2 aromatic rings. The number of nitrogens with one attached hydrogen (secondary N) is 1. The number of rotatable bonds is 3. The van der Waals surface area contributed by atoms with Crippen molar-refractivity contribution in [2.75, 3.05) is 0 Å². The molecule has 0 bridgehead atoms. The summed E-state index contributed by atoms with van der Waals surface area (Å²) < 4.78 is 2.70. The Morgan fingerprint density at radius 2 is 2.19 bits per heavy atom. The lowest BCUT2D eigenvalue weighted by Crippen LogP contribution is -2.21. The lowest BCUT2D eigenvalue weighted by atomic mass is 10.1. The standard InChI is InChI=1S/C11H14BrN3O/c1-3-7(4-2)15-9-8(12)5-6-13-10(9)14-11(15)16/h5-7H,3-4H2,1-2H3,(H,13,14,16). The summed E-state index contributed by atoms with van der Waals surface area (Å²) in [6.07, 6.45) is 3.55. The predicted octanol–water partition coefficient (Wildman–Crippen LogP) is 2.85. The van der Waals surface area contributed by atoms with Gasteiger partial charge in [-0.1, -0.05) is 13.8 Å². The molecule has 0 amide bonds. The zero-order chi connectivity index (χ0) is 11.7. The highest BCUT2D eigenvalue weighted by Crippen LogP contribution is 2.24. The monoisotopic (exact) mass is 283 g/mol. The fraction of sp³-hybridized carbons (Fsp3) is 0.455. The van der Waals surface area contributed by atoms with Gasteiger partial charge in [0.25, 0.3) is 0 Å². The third-order valence-corrected chi connectivity index (χ3v) is 3.51. The maximum Gasteiger partial charge on any atom is 0.327 e. The minimum absolute atomic E-state index is 0.0805. The molecule has 86 valence electrons. The normalized spacial score (nSPS) is 11.5. The number of pyridine rings is 1. The Kier molecular flexibility index (Phi) is 3.14. The van der Waals surface area contributed by atoms with Crippen LogP contribution < -0.4 is 5.69 Å². The number of H-pyrrole nitrogens is 1. The molecule has 0 aliphatic rings. The first kappa shape index (κ1) is 11.4. The number of aromatic amines is 1. The molecule has 0 atom stereocenters. The van der Waals surface area contributed by atoms with E-state index < -0.39 is 0 Å². The topological polar surface area (TPSA) is 50.7 Å². The van der Waals surface area contributed by atoms with Crippen molar-refractivity contribution in [3.63, 3.8) is 0 Å². The number of aromatic nitrogens is 3. The molecule has 0 radical (unpaired) electrons. The molecule has 2 rings (SSSR count). The number of nitrogens with zero attached hydrogens (tertiary/aromatic N) is 2. The summed E-state index contributed by atoms with van der Waals surface area (Å²) in [5, 5.41) is 0. The first-order valence-corrected chi connectivity index (χ1v) is 6.23. The third-order valence-electron chi connectivity index (χ3n) is 2.87. The smallest absolute Gasteiger partial charge is 0.290 e. The van der Waals surface area contributed by atoms with Crippen LogP contribution in [-0.4, -0.2) is 14.5 Å². The molecule has 2 aromatic heterocycles. The van der Waals surface area contributed by atoms with E-state index in [-0.39, 0.29) is 11.7 Å². The highest BCUT2D eigenvalue weighted by Gasteiger charge is 2.16. The molecule has 0 fully saturated rings. The van der Waals surface area contributed by atoms with Gasteiger partial charge in [-0.25, -0.2) is 9.78 Å². The van der Waals surface area contributed by atoms with Crippen molar-refractivity contribution in [3.8, 4) is 0 Å². The quantitative estimate of drug-likeness (QED) is 0.942.